The molecule has 8 heteroatoms. The highest BCUT2D eigenvalue weighted by molar-refractivity contribution is 9.10. The number of amides is 2. The van der Waals surface area contributed by atoms with Crippen molar-refractivity contribution in [2.24, 2.45) is 5.73 Å². The highest BCUT2D eigenvalue weighted by Crippen LogP contribution is 2.38. The average Bonchev–Trinajstić information content (AvgIpc) is 3.20. The number of carbonyl (C=O) groups is 2. The molecule has 1 aromatic heterocycles. The molecule has 1 heterocycles. The molecule has 6 nitrogen and oxygen atoms in total. The molecule has 0 saturated carbocycles. The van der Waals surface area contributed by atoms with Gasteiger partial charge in [0.05, 0.1) is 22.0 Å². The van der Waals surface area contributed by atoms with Crippen LogP contribution in [0.15, 0.2) is 71.2 Å². The number of hydrogen-bond acceptors (Lipinski definition) is 3. The topological polar surface area (TPSA) is 90.0 Å². The number of hydrogen-bond donors (Lipinski definition) is 2. The molecule has 0 aliphatic heterocycles. The van der Waals surface area contributed by atoms with Gasteiger partial charge in [0.2, 0.25) is 0 Å². The number of nitrogens with one attached hydrogen (secondary N) is 1. The summed E-state index contributed by atoms with van der Waals surface area (Å²) in [5.74, 6) is -0.857. The third kappa shape index (κ3) is 3.94. The molecule has 1 aliphatic rings. The molecule has 164 valence electrons. The number of primary amides is 1. The predicted molar refractivity (Wildman–Crippen MR) is 132 cm³/mol. The van der Waals surface area contributed by atoms with Crippen LogP contribution >= 0.6 is 27.5 Å². The van der Waals surface area contributed by atoms with E-state index in [2.05, 4.69) is 26.3 Å². The monoisotopic (exact) mass is 520 g/mol. The fraction of sp³-hybridized carbons (Fsp3) is 0.0800. The molecule has 3 aromatic carbocycles. The van der Waals surface area contributed by atoms with Gasteiger partial charge in [0.1, 0.15) is 0 Å². The van der Waals surface area contributed by atoms with E-state index in [0.29, 0.717) is 22.7 Å². The summed E-state index contributed by atoms with van der Waals surface area (Å²) in [5.41, 5.74) is 11.4. The molecule has 0 saturated heterocycles. The van der Waals surface area contributed by atoms with Crippen molar-refractivity contribution in [3.05, 3.63) is 98.6 Å². The maximum atomic E-state index is 12.8. The molecule has 0 unspecified atom stereocenters. The Morgan fingerprint density at radius 1 is 1.03 bits per heavy atom. The number of aryl methyl sites for hydroxylation is 1. The fourth-order valence-electron chi connectivity index (χ4n) is 4.13. The van der Waals surface area contributed by atoms with Crippen LogP contribution in [0.3, 0.4) is 0 Å². The van der Waals surface area contributed by atoms with Crippen LogP contribution in [0.4, 0.5) is 5.69 Å². The second-order valence-corrected chi connectivity index (χ2v) is 9.06. The van der Waals surface area contributed by atoms with Crippen LogP contribution in [0.1, 0.15) is 32.0 Å². The van der Waals surface area contributed by atoms with Gasteiger partial charge in [-0.1, -0.05) is 45.7 Å². The van der Waals surface area contributed by atoms with Gasteiger partial charge < -0.3 is 11.1 Å². The summed E-state index contributed by atoms with van der Waals surface area (Å²) in [6.45, 7) is 0. The Kier molecular flexibility index (Phi) is 5.52. The summed E-state index contributed by atoms with van der Waals surface area (Å²) in [4.78, 5) is 24.9. The molecule has 0 fully saturated rings. The summed E-state index contributed by atoms with van der Waals surface area (Å²) < 4.78 is 2.69. The zero-order valence-electron chi connectivity index (χ0n) is 17.3. The van der Waals surface area contributed by atoms with Crippen LogP contribution in [-0.4, -0.2) is 21.6 Å². The van der Waals surface area contributed by atoms with E-state index in [9.17, 15) is 9.59 Å². The normalized spacial score (nSPS) is 12.1. The second kappa shape index (κ2) is 8.50. The molecule has 2 amide bonds. The first-order valence-corrected chi connectivity index (χ1v) is 11.5. The minimum atomic E-state index is -0.561. The average molecular weight is 522 g/mol. The van der Waals surface area contributed by atoms with Crippen molar-refractivity contribution in [3.63, 3.8) is 0 Å². The minimum absolute atomic E-state index is 0.268. The molecule has 33 heavy (non-hydrogen) atoms. The van der Waals surface area contributed by atoms with E-state index in [1.54, 1.807) is 28.9 Å². The Morgan fingerprint density at radius 3 is 2.52 bits per heavy atom. The van der Waals surface area contributed by atoms with Gasteiger partial charge in [-0.15, -0.1) is 0 Å². The van der Waals surface area contributed by atoms with Gasteiger partial charge in [-0.3, -0.25) is 9.59 Å². The Morgan fingerprint density at radius 2 is 1.79 bits per heavy atom. The van der Waals surface area contributed by atoms with Gasteiger partial charge in [-0.25, -0.2) is 4.68 Å². The van der Waals surface area contributed by atoms with E-state index in [1.165, 1.54) is 0 Å². The summed E-state index contributed by atoms with van der Waals surface area (Å²) >= 11 is 9.63. The van der Waals surface area contributed by atoms with Crippen LogP contribution in [0.5, 0.6) is 0 Å². The highest BCUT2D eigenvalue weighted by Gasteiger charge is 2.28. The van der Waals surface area contributed by atoms with Crippen LogP contribution in [0.2, 0.25) is 5.02 Å². The Balaban J connectivity index is 1.61. The largest absolute Gasteiger partial charge is 0.364 e. The molecule has 1 aliphatic carbocycles. The lowest BCUT2D eigenvalue weighted by atomic mass is 9.88. The lowest BCUT2D eigenvalue weighted by Crippen LogP contribution is -2.15. The van der Waals surface area contributed by atoms with Crippen molar-refractivity contribution in [1.82, 2.24) is 9.78 Å². The second-order valence-electron chi connectivity index (χ2n) is 7.73. The lowest BCUT2D eigenvalue weighted by molar-refractivity contribution is 0.0992. The molecular formula is C25H18BrClN4O2. The molecule has 0 radical (unpaired) electrons. The number of halogens is 2. The van der Waals surface area contributed by atoms with Crippen molar-refractivity contribution in [3.8, 4) is 16.9 Å². The maximum absolute atomic E-state index is 12.8. The zero-order chi connectivity index (χ0) is 23.1. The van der Waals surface area contributed by atoms with Crippen molar-refractivity contribution >= 4 is 45.0 Å². The van der Waals surface area contributed by atoms with Gasteiger partial charge in [-0.05, 0) is 66.9 Å². The van der Waals surface area contributed by atoms with Crippen LogP contribution in [0.25, 0.3) is 16.9 Å². The van der Waals surface area contributed by atoms with Crippen molar-refractivity contribution in [2.45, 2.75) is 12.8 Å². The number of fused-ring (bicyclic) bond motifs is 3. The number of aromatic nitrogens is 2. The molecule has 0 atom stereocenters. The molecule has 4 aromatic rings. The molecule has 3 N–H and O–H groups in total. The minimum Gasteiger partial charge on any atom is -0.364 e. The smallest absolute Gasteiger partial charge is 0.269 e. The van der Waals surface area contributed by atoms with E-state index in [1.807, 2.05) is 42.5 Å². The first-order chi connectivity index (χ1) is 15.9. The van der Waals surface area contributed by atoms with Crippen LogP contribution in [-0.2, 0) is 12.8 Å². The number of rotatable bonds is 4. The number of carbonyl (C=O) groups excluding carboxylic acids is 2. The molecule has 0 bridgehead atoms. The van der Waals surface area contributed by atoms with Gasteiger partial charge in [0, 0.05) is 21.3 Å². The zero-order valence-corrected chi connectivity index (χ0v) is 19.7. The summed E-state index contributed by atoms with van der Waals surface area (Å²) in [6, 6.07) is 20.3. The highest BCUT2D eigenvalue weighted by atomic mass is 79.9. The maximum Gasteiger partial charge on any atom is 0.269 e. The number of nitrogens with two attached hydrogens (primary N) is 1. The Labute approximate surface area is 203 Å². The van der Waals surface area contributed by atoms with E-state index in [4.69, 9.17) is 17.3 Å². The van der Waals surface area contributed by atoms with Gasteiger partial charge in [0.15, 0.2) is 5.69 Å². The van der Waals surface area contributed by atoms with Gasteiger partial charge in [-0.2, -0.15) is 5.10 Å². The van der Waals surface area contributed by atoms with E-state index in [-0.39, 0.29) is 11.6 Å². The first-order valence-electron chi connectivity index (χ1n) is 10.3. The van der Waals surface area contributed by atoms with Gasteiger partial charge >= 0.3 is 0 Å². The fourth-order valence-corrected chi connectivity index (χ4v) is 4.61. The number of benzene rings is 3. The van der Waals surface area contributed by atoms with E-state index in [0.717, 1.165) is 39.0 Å². The summed E-state index contributed by atoms with van der Waals surface area (Å²) in [7, 11) is 0. The van der Waals surface area contributed by atoms with Gasteiger partial charge in [0.25, 0.3) is 11.8 Å². The van der Waals surface area contributed by atoms with Crippen molar-refractivity contribution in [1.29, 1.82) is 0 Å². The van der Waals surface area contributed by atoms with Crippen molar-refractivity contribution in [2.75, 3.05) is 5.32 Å². The third-order valence-electron chi connectivity index (χ3n) is 5.67. The van der Waals surface area contributed by atoms with E-state index < -0.39 is 5.91 Å². The van der Waals surface area contributed by atoms with Crippen LogP contribution < -0.4 is 11.1 Å². The third-order valence-corrected chi connectivity index (χ3v) is 6.53. The predicted octanol–water partition coefficient (Wildman–Crippen LogP) is 5.41. The first kappa shape index (κ1) is 21.4. The summed E-state index contributed by atoms with van der Waals surface area (Å²) in [5, 5.41) is 7.87. The standard InChI is InChI=1S/C25H18BrClN4O2/c26-15-7-10-17(11-8-15)31-23-19(22(30-31)24(28)32)12-6-14-5-9-16(13-20(14)23)29-25(33)18-3-1-2-4-21(18)27/h1-5,7-11,13H,6,12H2,(H2,28,32)(H,29,33). The number of anilines is 1. The lowest BCUT2D eigenvalue weighted by Gasteiger charge is -2.20. The molecular weight excluding hydrogens is 504 g/mol. The van der Waals surface area contributed by atoms with Crippen molar-refractivity contribution < 1.29 is 9.59 Å². The molecule has 0 spiro atoms. The Bertz CT molecular complexity index is 1410. The van der Waals surface area contributed by atoms with E-state index >= 15 is 0 Å². The van der Waals surface area contributed by atoms with Crippen LogP contribution in [0, 0.1) is 0 Å². The number of nitrogens with zero attached hydrogens (tertiary/aromatic N) is 2. The quantitative estimate of drug-likeness (QED) is 0.376. The Hall–Kier alpha value is -3.42. The molecule has 5 rings (SSSR count). The summed E-state index contributed by atoms with van der Waals surface area (Å²) in [6.07, 6.45) is 1.40. The SMILES string of the molecule is NC(=O)c1nn(-c2ccc(Br)cc2)c2c1CCc1ccc(NC(=O)c3ccccc3Cl)cc1-2.